The van der Waals surface area contributed by atoms with E-state index in [1.54, 1.807) is 25.3 Å². The highest BCUT2D eigenvalue weighted by molar-refractivity contribution is 6.07. The Bertz CT molecular complexity index is 898. The zero-order valence-corrected chi connectivity index (χ0v) is 16.1. The first-order valence-electron chi connectivity index (χ1n) is 9.12. The van der Waals surface area contributed by atoms with Gasteiger partial charge < -0.3 is 14.8 Å². The molecule has 7 heteroatoms. The maximum Gasteiger partial charge on any atom is 0.346 e. The van der Waals surface area contributed by atoms with Gasteiger partial charge in [0.25, 0.3) is 5.91 Å². The first-order valence-corrected chi connectivity index (χ1v) is 9.12. The lowest BCUT2D eigenvalue weighted by Gasteiger charge is -2.24. The third kappa shape index (κ3) is 3.43. The smallest absolute Gasteiger partial charge is 0.346 e. The van der Waals surface area contributed by atoms with Gasteiger partial charge in [-0.1, -0.05) is 37.3 Å². The summed E-state index contributed by atoms with van der Waals surface area (Å²) >= 11 is 0. The number of methoxy groups -OCH3 is 1. The Balaban J connectivity index is 1.88. The molecule has 0 unspecified atom stereocenters. The maximum absolute atomic E-state index is 13.0. The van der Waals surface area contributed by atoms with Crippen LogP contribution in [0.25, 0.3) is 0 Å². The number of imide groups is 1. The first-order chi connectivity index (χ1) is 13.6. The van der Waals surface area contributed by atoms with Crippen LogP contribution in [0.3, 0.4) is 0 Å². The lowest BCUT2D eigenvalue weighted by molar-refractivity contribution is -0.131. The van der Waals surface area contributed by atoms with Crippen molar-refractivity contribution < 1.29 is 19.1 Å². The number of nitrogens with zero attached hydrogens (tertiary/aromatic N) is 2. The fraction of sp³-hybridized carbons (Fsp3) is 0.286. The Morgan fingerprint density at radius 2 is 1.86 bits per heavy atom. The van der Waals surface area contributed by atoms with E-state index in [0.717, 1.165) is 10.6 Å². The van der Waals surface area contributed by atoms with Crippen molar-refractivity contribution in [3.63, 3.8) is 0 Å². The number of hydrogen-bond donors (Lipinski definition) is 1. The van der Waals surface area contributed by atoms with Crippen molar-refractivity contribution in [3.8, 4) is 11.5 Å². The predicted octanol–water partition coefficient (Wildman–Crippen LogP) is 3.29. The number of nitrogens with one attached hydrogen (secondary N) is 1. The maximum atomic E-state index is 13.0. The first kappa shape index (κ1) is 19.4. The molecule has 3 amide bonds. The Labute approximate surface area is 163 Å². The number of hydrogen-bond acceptors (Lipinski definition) is 5. The molecule has 1 saturated heterocycles. The second kappa shape index (κ2) is 8.12. The standard InChI is InChI=1S/C21H23N3O4/c1-4-21(16-9-7-6-8-10-16)19(25)24(20(26)23-21)22-14-15-11-12-17(27-3)18(13-15)28-5-2/h6-14H,4-5H2,1-3H3,(H,23,26)/b22-14-/t21-/m0/s1. The molecular weight excluding hydrogens is 358 g/mol. The molecule has 1 aliphatic heterocycles. The van der Waals surface area contributed by atoms with E-state index in [1.165, 1.54) is 6.21 Å². The second-order valence-corrected chi connectivity index (χ2v) is 6.26. The fourth-order valence-electron chi connectivity index (χ4n) is 3.20. The zero-order chi connectivity index (χ0) is 20.1. The van der Waals surface area contributed by atoms with E-state index in [2.05, 4.69) is 10.4 Å². The Morgan fingerprint density at radius 1 is 1.11 bits per heavy atom. The second-order valence-electron chi connectivity index (χ2n) is 6.26. The molecule has 7 nitrogen and oxygen atoms in total. The van der Waals surface area contributed by atoms with Gasteiger partial charge in [-0.15, -0.1) is 5.01 Å². The third-order valence-electron chi connectivity index (χ3n) is 4.68. The van der Waals surface area contributed by atoms with Crippen LogP contribution in [0, 0.1) is 0 Å². The molecule has 0 bridgehead atoms. The van der Waals surface area contributed by atoms with Crippen molar-refractivity contribution in [2.45, 2.75) is 25.8 Å². The van der Waals surface area contributed by atoms with E-state index >= 15 is 0 Å². The zero-order valence-electron chi connectivity index (χ0n) is 16.1. The molecule has 1 N–H and O–H groups in total. The number of hydrazone groups is 1. The summed E-state index contributed by atoms with van der Waals surface area (Å²) in [5.74, 6) is 0.766. The average molecular weight is 381 g/mol. The van der Waals surface area contributed by atoms with Crippen molar-refractivity contribution in [2.24, 2.45) is 5.10 Å². The Morgan fingerprint density at radius 3 is 2.50 bits per heavy atom. The van der Waals surface area contributed by atoms with Crippen LogP contribution in [0.4, 0.5) is 4.79 Å². The number of urea groups is 1. The number of carbonyl (C=O) groups excluding carboxylic acids is 2. The van der Waals surface area contributed by atoms with Gasteiger partial charge in [0.1, 0.15) is 5.54 Å². The van der Waals surface area contributed by atoms with Gasteiger partial charge in [0, 0.05) is 0 Å². The van der Waals surface area contributed by atoms with Crippen molar-refractivity contribution in [2.75, 3.05) is 13.7 Å². The summed E-state index contributed by atoms with van der Waals surface area (Å²) in [6.45, 7) is 4.22. The number of benzene rings is 2. The van der Waals surface area contributed by atoms with Gasteiger partial charge in [0.05, 0.1) is 19.9 Å². The predicted molar refractivity (Wildman–Crippen MR) is 106 cm³/mol. The topological polar surface area (TPSA) is 80.2 Å². The molecule has 1 fully saturated rings. The highest BCUT2D eigenvalue weighted by atomic mass is 16.5. The highest BCUT2D eigenvalue weighted by Crippen LogP contribution is 2.32. The number of ether oxygens (including phenoxy) is 2. The quantitative estimate of drug-likeness (QED) is 0.590. The van der Waals surface area contributed by atoms with Crippen LogP contribution < -0.4 is 14.8 Å². The highest BCUT2D eigenvalue weighted by Gasteiger charge is 2.51. The molecule has 2 aromatic rings. The van der Waals surface area contributed by atoms with Gasteiger partial charge in [-0.3, -0.25) is 4.79 Å². The Kier molecular flexibility index (Phi) is 5.63. The molecule has 2 aromatic carbocycles. The van der Waals surface area contributed by atoms with Crippen LogP contribution in [0.2, 0.25) is 0 Å². The summed E-state index contributed by atoms with van der Waals surface area (Å²) in [6.07, 6.45) is 1.88. The lowest BCUT2D eigenvalue weighted by Crippen LogP contribution is -2.43. The van der Waals surface area contributed by atoms with Crippen molar-refractivity contribution in [3.05, 3.63) is 59.7 Å². The number of amides is 3. The van der Waals surface area contributed by atoms with E-state index < -0.39 is 17.5 Å². The normalized spacial score (nSPS) is 19.2. The summed E-state index contributed by atoms with van der Waals surface area (Å²) in [7, 11) is 1.56. The van der Waals surface area contributed by atoms with Gasteiger partial charge in [-0.05, 0) is 42.7 Å². The molecule has 0 spiro atoms. The van der Waals surface area contributed by atoms with Crippen LogP contribution in [0.15, 0.2) is 53.6 Å². The van der Waals surface area contributed by atoms with Gasteiger partial charge in [0.2, 0.25) is 0 Å². The van der Waals surface area contributed by atoms with E-state index in [-0.39, 0.29) is 0 Å². The molecular formula is C21H23N3O4. The molecule has 1 atom stereocenters. The molecule has 0 saturated carbocycles. The van der Waals surface area contributed by atoms with Crippen LogP contribution in [-0.4, -0.2) is 36.9 Å². The molecule has 0 aliphatic carbocycles. The van der Waals surface area contributed by atoms with Gasteiger partial charge >= 0.3 is 6.03 Å². The van der Waals surface area contributed by atoms with Crippen LogP contribution in [-0.2, 0) is 10.3 Å². The summed E-state index contributed by atoms with van der Waals surface area (Å²) < 4.78 is 10.8. The molecule has 1 aliphatic rings. The summed E-state index contributed by atoms with van der Waals surface area (Å²) in [5, 5.41) is 7.81. The molecule has 28 heavy (non-hydrogen) atoms. The summed E-state index contributed by atoms with van der Waals surface area (Å²) in [6, 6.07) is 13.9. The van der Waals surface area contributed by atoms with E-state index in [4.69, 9.17) is 9.47 Å². The molecule has 3 rings (SSSR count). The van der Waals surface area contributed by atoms with Crippen molar-refractivity contribution in [1.82, 2.24) is 10.3 Å². The minimum atomic E-state index is -1.11. The minimum absolute atomic E-state index is 0.402. The summed E-state index contributed by atoms with van der Waals surface area (Å²) in [5.41, 5.74) is 0.307. The van der Waals surface area contributed by atoms with Gasteiger partial charge in [-0.25, -0.2) is 4.79 Å². The van der Waals surface area contributed by atoms with Crippen LogP contribution >= 0.6 is 0 Å². The Hall–Kier alpha value is -3.35. The van der Waals surface area contributed by atoms with Crippen molar-refractivity contribution in [1.29, 1.82) is 0 Å². The van der Waals surface area contributed by atoms with Gasteiger partial charge in [-0.2, -0.15) is 5.10 Å². The largest absolute Gasteiger partial charge is 0.493 e. The molecule has 146 valence electrons. The van der Waals surface area contributed by atoms with Crippen LogP contribution in [0.5, 0.6) is 11.5 Å². The van der Waals surface area contributed by atoms with Crippen molar-refractivity contribution >= 4 is 18.2 Å². The molecule has 1 heterocycles. The lowest BCUT2D eigenvalue weighted by atomic mass is 9.87. The minimum Gasteiger partial charge on any atom is -0.493 e. The average Bonchev–Trinajstić information content (AvgIpc) is 2.98. The van der Waals surface area contributed by atoms with E-state index in [0.29, 0.717) is 30.1 Å². The number of rotatable bonds is 7. The number of carbonyl (C=O) groups is 2. The molecule has 0 radical (unpaired) electrons. The molecule has 0 aromatic heterocycles. The summed E-state index contributed by atoms with van der Waals surface area (Å²) in [4.78, 5) is 25.5. The van der Waals surface area contributed by atoms with E-state index in [1.807, 2.05) is 44.2 Å². The SMILES string of the molecule is CCOc1cc(/C=N\N2C(=O)N[C@@](CC)(c3ccccc3)C2=O)ccc1OC. The monoisotopic (exact) mass is 381 g/mol. The van der Waals surface area contributed by atoms with Crippen LogP contribution in [0.1, 0.15) is 31.4 Å². The fourth-order valence-corrected chi connectivity index (χ4v) is 3.20. The third-order valence-corrected chi connectivity index (χ3v) is 4.68. The van der Waals surface area contributed by atoms with E-state index in [9.17, 15) is 9.59 Å². The van der Waals surface area contributed by atoms with Gasteiger partial charge in [0.15, 0.2) is 11.5 Å².